The van der Waals surface area contributed by atoms with Gasteiger partial charge in [-0.15, -0.1) is 12.4 Å². The van der Waals surface area contributed by atoms with Gasteiger partial charge in [0.2, 0.25) is 5.91 Å². The van der Waals surface area contributed by atoms with Crippen molar-refractivity contribution < 1.29 is 9.53 Å². The molecule has 124 valence electrons. The second kappa shape index (κ2) is 10.4. The van der Waals surface area contributed by atoms with E-state index in [0.717, 1.165) is 45.2 Å². The zero-order valence-corrected chi connectivity index (χ0v) is 14.0. The minimum atomic E-state index is 0. The first-order valence-corrected chi connectivity index (χ1v) is 8.02. The Morgan fingerprint density at radius 3 is 2.48 bits per heavy atom. The van der Waals surface area contributed by atoms with E-state index in [9.17, 15) is 4.79 Å². The van der Waals surface area contributed by atoms with Gasteiger partial charge in [-0.05, 0) is 51.9 Å². The molecular weight excluding hydrogens is 290 g/mol. The number of rotatable bonds is 6. The van der Waals surface area contributed by atoms with Crippen LogP contribution in [0.5, 0.6) is 0 Å². The van der Waals surface area contributed by atoms with Gasteiger partial charge in [-0.25, -0.2) is 0 Å². The number of carbonyl (C=O) groups excluding carboxylic acids is 1. The Hall–Kier alpha value is -0.360. The van der Waals surface area contributed by atoms with Crippen LogP contribution in [-0.2, 0) is 9.53 Å². The smallest absolute Gasteiger partial charge is 0.224 e. The highest BCUT2D eigenvalue weighted by atomic mass is 35.5. The van der Waals surface area contributed by atoms with Crippen molar-refractivity contribution in [1.82, 2.24) is 15.1 Å². The minimum absolute atomic E-state index is 0. The predicted octanol–water partition coefficient (Wildman–Crippen LogP) is 0.979. The Kier molecular flexibility index (Phi) is 9.24. The summed E-state index contributed by atoms with van der Waals surface area (Å²) in [7, 11) is 2.02. The molecule has 0 saturated carbocycles. The monoisotopic (exact) mass is 319 g/mol. The van der Waals surface area contributed by atoms with E-state index in [-0.39, 0.29) is 12.4 Å². The molecule has 1 N–H and O–H groups in total. The lowest BCUT2D eigenvalue weighted by Crippen LogP contribution is -2.43. The molecule has 0 bridgehead atoms. The van der Waals surface area contributed by atoms with E-state index in [1.807, 2.05) is 11.9 Å². The van der Waals surface area contributed by atoms with Crippen molar-refractivity contribution in [3.63, 3.8) is 0 Å². The summed E-state index contributed by atoms with van der Waals surface area (Å²) < 4.78 is 5.28. The Morgan fingerprint density at radius 2 is 1.86 bits per heavy atom. The third-order valence-corrected chi connectivity index (χ3v) is 4.52. The van der Waals surface area contributed by atoms with Crippen LogP contribution in [0.25, 0.3) is 0 Å². The van der Waals surface area contributed by atoms with E-state index < -0.39 is 0 Å². The number of ether oxygens (including phenoxy) is 1. The highest BCUT2D eigenvalue weighted by Crippen LogP contribution is 2.20. The summed E-state index contributed by atoms with van der Waals surface area (Å²) in [5.74, 6) is 1.17. The van der Waals surface area contributed by atoms with Gasteiger partial charge in [0.25, 0.3) is 0 Å². The molecule has 0 spiro atoms. The molecule has 5 nitrogen and oxygen atoms in total. The van der Waals surface area contributed by atoms with Crippen LogP contribution in [0.1, 0.15) is 25.7 Å². The van der Waals surface area contributed by atoms with Gasteiger partial charge in [0, 0.05) is 26.1 Å². The normalized spacial score (nSPS) is 21.1. The first-order valence-electron chi connectivity index (χ1n) is 8.02. The summed E-state index contributed by atoms with van der Waals surface area (Å²) >= 11 is 0. The number of likely N-dealkylation sites (tertiary alicyclic amines) is 1. The number of amides is 1. The van der Waals surface area contributed by atoms with Crippen LogP contribution in [0.2, 0.25) is 0 Å². The van der Waals surface area contributed by atoms with Crippen molar-refractivity contribution in [2.45, 2.75) is 25.7 Å². The summed E-state index contributed by atoms with van der Waals surface area (Å²) in [5, 5.41) is 3.23. The van der Waals surface area contributed by atoms with Crippen molar-refractivity contribution >= 4 is 18.3 Å². The van der Waals surface area contributed by atoms with Gasteiger partial charge in [0.05, 0.1) is 13.2 Å². The van der Waals surface area contributed by atoms with Crippen LogP contribution in [0, 0.1) is 5.92 Å². The average molecular weight is 320 g/mol. The summed E-state index contributed by atoms with van der Waals surface area (Å²) in [6.45, 7) is 7.30. The van der Waals surface area contributed by atoms with Crippen LogP contribution in [0.15, 0.2) is 0 Å². The van der Waals surface area contributed by atoms with E-state index in [1.165, 1.54) is 19.3 Å². The molecule has 1 amide bonds. The molecule has 0 unspecified atom stereocenters. The number of nitrogens with zero attached hydrogens (tertiary/aromatic N) is 2. The van der Waals surface area contributed by atoms with Crippen molar-refractivity contribution in [3.05, 3.63) is 0 Å². The number of hydrogen-bond acceptors (Lipinski definition) is 4. The molecule has 2 aliphatic heterocycles. The fourth-order valence-electron chi connectivity index (χ4n) is 3.07. The molecule has 21 heavy (non-hydrogen) atoms. The fraction of sp³-hybridized carbons (Fsp3) is 0.933. The second-order valence-corrected chi connectivity index (χ2v) is 5.92. The maximum absolute atomic E-state index is 12.1. The van der Waals surface area contributed by atoms with Crippen LogP contribution < -0.4 is 5.32 Å². The fourth-order valence-corrected chi connectivity index (χ4v) is 3.07. The molecule has 0 aromatic carbocycles. The van der Waals surface area contributed by atoms with Crippen LogP contribution in [-0.4, -0.2) is 75.2 Å². The Balaban J connectivity index is 0.00000220. The van der Waals surface area contributed by atoms with Crippen molar-refractivity contribution in [2.75, 3.05) is 59.5 Å². The zero-order chi connectivity index (χ0) is 14.2. The van der Waals surface area contributed by atoms with Crippen molar-refractivity contribution in [1.29, 1.82) is 0 Å². The van der Waals surface area contributed by atoms with Gasteiger partial charge >= 0.3 is 0 Å². The maximum atomic E-state index is 12.1. The van der Waals surface area contributed by atoms with Gasteiger partial charge in [0.15, 0.2) is 0 Å². The molecular formula is C15H30ClN3O2. The lowest BCUT2D eigenvalue weighted by atomic mass is 9.93. The summed E-state index contributed by atoms with van der Waals surface area (Å²) in [6, 6.07) is 0. The Labute approximate surface area is 134 Å². The van der Waals surface area contributed by atoms with E-state index in [4.69, 9.17) is 4.74 Å². The molecule has 0 aliphatic carbocycles. The number of morpholine rings is 1. The van der Waals surface area contributed by atoms with Gasteiger partial charge < -0.3 is 19.9 Å². The molecule has 2 fully saturated rings. The molecule has 0 aromatic heterocycles. The number of hydrogen-bond donors (Lipinski definition) is 1. The molecule has 6 heteroatoms. The molecule has 2 heterocycles. The van der Waals surface area contributed by atoms with Crippen LogP contribution in [0.4, 0.5) is 0 Å². The standard InChI is InChI=1S/C15H29N3O2.ClH/c1-16-6-2-14-3-7-17(8-4-14)9-5-15(19)18-10-12-20-13-11-18;/h14,16H,2-13H2,1H3;1H. The molecule has 2 aliphatic rings. The zero-order valence-electron chi connectivity index (χ0n) is 13.2. The molecule has 0 aromatic rings. The van der Waals surface area contributed by atoms with Crippen molar-refractivity contribution in [2.24, 2.45) is 5.92 Å². The van der Waals surface area contributed by atoms with E-state index in [2.05, 4.69) is 10.2 Å². The van der Waals surface area contributed by atoms with E-state index >= 15 is 0 Å². The van der Waals surface area contributed by atoms with Crippen molar-refractivity contribution in [3.8, 4) is 0 Å². The predicted molar refractivity (Wildman–Crippen MR) is 87.0 cm³/mol. The average Bonchev–Trinajstić information content (AvgIpc) is 2.52. The largest absolute Gasteiger partial charge is 0.378 e. The number of nitrogens with one attached hydrogen (secondary N) is 1. The van der Waals surface area contributed by atoms with E-state index in [1.54, 1.807) is 0 Å². The summed E-state index contributed by atoms with van der Waals surface area (Å²) in [4.78, 5) is 16.5. The highest BCUT2D eigenvalue weighted by molar-refractivity contribution is 5.85. The molecule has 0 atom stereocenters. The summed E-state index contributed by atoms with van der Waals surface area (Å²) in [6.07, 6.45) is 4.53. The quantitative estimate of drug-likeness (QED) is 0.792. The number of carbonyl (C=O) groups is 1. The third kappa shape index (κ3) is 6.51. The topological polar surface area (TPSA) is 44.8 Å². The van der Waals surface area contributed by atoms with Crippen LogP contribution >= 0.6 is 12.4 Å². The van der Waals surface area contributed by atoms with E-state index in [0.29, 0.717) is 25.5 Å². The maximum Gasteiger partial charge on any atom is 0.224 e. The van der Waals surface area contributed by atoms with Gasteiger partial charge in [-0.3, -0.25) is 4.79 Å². The lowest BCUT2D eigenvalue weighted by molar-refractivity contribution is -0.135. The number of halogens is 1. The SMILES string of the molecule is CNCCC1CCN(CCC(=O)N2CCOCC2)CC1.Cl. The first-order chi connectivity index (χ1) is 9.79. The Bertz CT molecular complexity index is 291. The summed E-state index contributed by atoms with van der Waals surface area (Å²) in [5.41, 5.74) is 0. The third-order valence-electron chi connectivity index (χ3n) is 4.52. The number of piperidine rings is 1. The molecule has 0 radical (unpaired) electrons. The second-order valence-electron chi connectivity index (χ2n) is 5.92. The van der Waals surface area contributed by atoms with Gasteiger partial charge in [-0.1, -0.05) is 0 Å². The first kappa shape index (κ1) is 18.7. The molecule has 2 saturated heterocycles. The Morgan fingerprint density at radius 1 is 1.19 bits per heavy atom. The lowest BCUT2D eigenvalue weighted by Gasteiger charge is -2.33. The van der Waals surface area contributed by atoms with Crippen LogP contribution in [0.3, 0.4) is 0 Å². The highest BCUT2D eigenvalue weighted by Gasteiger charge is 2.21. The van der Waals surface area contributed by atoms with Gasteiger partial charge in [0.1, 0.15) is 0 Å². The van der Waals surface area contributed by atoms with Gasteiger partial charge in [-0.2, -0.15) is 0 Å². The molecule has 2 rings (SSSR count). The minimum Gasteiger partial charge on any atom is -0.378 e.